The Kier molecular flexibility index (Phi) is 3.99. The van der Waals surface area contributed by atoms with E-state index in [1.54, 1.807) is 6.07 Å². The minimum atomic E-state index is -1.10. The van der Waals surface area contributed by atoms with Crippen LogP contribution in [0.4, 0.5) is 0 Å². The van der Waals surface area contributed by atoms with E-state index in [1.165, 1.54) is 6.07 Å². The maximum absolute atomic E-state index is 11.7. The number of hydrogen-bond acceptors (Lipinski definition) is 2. The number of rotatable bonds is 2. The predicted octanol–water partition coefficient (Wildman–Crippen LogP) is 3.68. The Balaban J connectivity index is 3.91. The molecule has 0 aliphatic rings. The first-order chi connectivity index (χ1) is 8.87. The van der Waals surface area contributed by atoms with Crippen molar-refractivity contribution in [3.8, 4) is 0 Å². The summed E-state index contributed by atoms with van der Waals surface area (Å²) >= 11 is 0. The van der Waals surface area contributed by atoms with Crippen LogP contribution in [0.15, 0.2) is 12.1 Å². The lowest BCUT2D eigenvalue weighted by atomic mass is 9.74. The van der Waals surface area contributed by atoms with Crippen LogP contribution in [0.2, 0.25) is 0 Å². The first-order valence-electron chi connectivity index (χ1n) is 6.52. The minimum Gasteiger partial charge on any atom is -0.478 e. The Morgan fingerprint density at radius 3 is 1.65 bits per heavy atom. The van der Waals surface area contributed by atoms with Crippen LogP contribution < -0.4 is 0 Å². The Hall–Kier alpha value is -1.84. The number of carbonyl (C=O) groups is 2. The highest BCUT2D eigenvalue weighted by Crippen LogP contribution is 2.36. The zero-order valence-electron chi connectivity index (χ0n) is 12.9. The molecule has 0 aliphatic heterocycles. The number of hydrogen-bond donors (Lipinski definition) is 2. The van der Waals surface area contributed by atoms with Crippen molar-refractivity contribution in [3.05, 3.63) is 34.4 Å². The van der Waals surface area contributed by atoms with Crippen LogP contribution in [0.1, 0.15) is 73.4 Å². The zero-order valence-corrected chi connectivity index (χ0v) is 12.9. The zero-order chi connectivity index (χ0) is 15.9. The lowest BCUT2D eigenvalue weighted by Gasteiger charge is -2.29. The van der Waals surface area contributed by atoms with E-state index < -0.39 is 17.4 Å². The summed E-state index contributed by atoms with van der Waals surface area (Å²) in [6, 6.07) is 3.12. The van der Waals surface area contributed by atoms with E-state index in [9.17, 15) is 19.8 Å². The average Bonchev–Trinajstić information content (AvgIpc) is 2.24. The highest BCUT2D eigenvalue weighted by Gasteiger charge is 2.32. The molecule has 0 unspecified atom stereocenters. The number of carboxylic acid groups (broad SMARTS) is 2. The van der Waals surface area contributed by atoms with E-state index in [0.717, 1.165) is 0 Å². The van der Waals surface area contributed by atoms with Crippen molar-refractivity contribution in [2.75, 3.05) is 0 Å². The molecular weight excluding hydrogens is 256 g/mol. The normalized spacial score (nSPS) is 12.3. The van der Waals surface area contributed by atoms with E-state index in [4.69, 9.17) is 0 Å². The van der Waals surface area contributed by atoms with Gasteiger partial charge < -0.3 is 10.2 Å². The van der Waals surface area contributed by atoms with Crippen molar-refractivity contribution >= 4 is 11.9 Å². The average molecular weight is 278 g/mol. The van der Waals surface area contributed by atoms with Gasteiger partial charge in [0.05, 0.1) is 11.1 Å². The third kappa shape index (κ3) is 3.00. The summed E-state index contributed by atoms with van der Waals surface area (Å²) in [5, 5.41) is 18.9. The highest BCUT2D eigenvalue weighted by atomic mass is 16.4. The van der Waals surface area contributed by atoms with Gasteiger partial charge in [-0.15, -0.1) is 0 Å². The lowest BCUT2D eigenvalue weighted by Crippen LogP contribution is -2.26. The van der Waals surface area contributed by atoms with Crippen LogP contribution in [-0.2, 0) is 10.8 Å². The van der Waals surface area contributed by atoms with Crippen molar-refractivity contribution in [2.45, 2.75) is 52.4 Å². The smallest absolute Gasteiger partial charge is 0.336 e. The maximum Gasteiger partial charge on any atom is 0.336 e. The molecule has 0 radical (unpaired) electrons. The van der Waals surface area contributed by atoms with Gasteiger partial charge in [0, 0.05) is 0 Å². The fraction of sp³-hybridized carbons (Fsp3) is 0.500. The molecule has 0 amide bonds. The van der Waals surface area contributed by atoms with Crippen LogP contribution >= 0.6 is 0 Å². The van der Waals surface area contributed by atoms with Crippen molar-refractivity contribution < 1.29 is 19.8 Å². The largest absolute Gasteiger partial charge is 0.478 e. The van der Waals surface area contributed by atoms with E-state index in [2.05, 4.69) is 0 Å². The van der Waals surface area contributed by atoms with E-state index in [0.29, 0.717) is 11.1 Å². The van der Waals surface area contributed by atoms with Crippen LogP contribution in [0.25, 0.3) is 0 Å². The quantitative estimate of drug-likeness (QED) is 0.865. The molecule has 1 rings (SSSR count). The molecule has 0 saturated heterocycles. The van der Waals surface area contributed by atoms with Gasteiger partial charge in [-0.05, 0) is 28.0 Å². The van der Waals surface area contributed by atoms with Crippen LogP contribution in [0.5, 0.6) is 0 Å². The number of carboxylic acids is 2. The van der Waals surface area contributed by atoms with Gasteiger partial charge in [0.1, 0.15) is 0 Å². The molecule has 1 aromatic rings. The second-order valence-corrected chi connectivity index (χ2v) is 7.02. The van der Waals surface area contributed by atoms with Gasteiger partial charge in [-0.25, -0.2) is 9.59 Å². The first-order valence-corrected chi connectivity index (χ1v) is 6.52. The number of benzene rings is 1. The molecule has 0 heterocycles. The molecule has 0 aliphatic carbocycles. The standard InChI is InChI=1S/C16H22O4/c1-15(2,3)10-8-7-9(13(17)18)12(16(4,5)6)11(10)14(19)20/h7-8H,1-6H3,(H,17,18)(H,19,20). The monoisotopic (exact) mass is 278 g/mol. The summed E-state index contributed by atoms with van der Waals surface area (Å²) in [6.07, 6.45) is 0. The molecule has 2 N–H and O–H groups in total. The summed E-state index contributed by atoms with van der Waals surface area (Å²) in [4.78, 5) is 23.1. The topological polar surface area (TPSA) is 74.6 Å². The Morgan fingerprint density at radius 1 is 0.850 bits per heavy atom. The Morgan fingerprint density at radius 2 is 1.35 bits per heavy atom. The molecule has 4 nitrogen and oxygen atoms in total. The van der Waals surface area contributed by atoms with Crippen LogP contribution in [0, 0.1) is 0 Å². The van der Waals surface area contributed by atoms with E-state index >= 15 is 0 Å². The van der Waals surface area contributed by atoms with Crippen molar-refractivity contribution in [3.63, 3.8) is 0 Å². The van der Waals surface area contributed by atoms with Crippen molar-refractivity contribution in [1.82, 2.24) is 0 Å². The lowest BCUT2D eigenvalue weighted by molar-refractivity contribution is 0.0690. The molecule has 0 fully saturated rings. The second-order valence-electron chi connectivity index (χ2n) is 7.02. The third-order valence-electron chi connectivity index (χ3n) is 3.21. The fourth-order valence-electron chi connectivity index (χ4n) is 2.41. The molecular formula is C16H22O4. The predicted molar refractivity (Wildman–Crippen MR) is 77.8 cm³/mol. The van der Waals surface area contributed by atoms with Crippen LogP contribution in [-0.4, -0.2) is 22.2 Å². The number of aromatic carboxylic acids is 2. The van der Waals surface area contributed by atoms with Gasteiger partial charge in [0.25, 0.3) is 0 Å². The van der Waals surface area contributed by atoms with Gasteiger partial charge in [-0.3, -0.25) is 0 Å². The maximum atomic E-state index is 11.7. The van der Waals surface area contributed by atoms with Gasteiger partial charge in [0.2, 0.25) is 0 Å². The van der Waals surface area contributed by atoms with E-state index in [-0.39, 0.29) is 16.5 Å². The Labute approximate surface area is 119 Å². The first kappa shape index (κ1) is 16.2. The molecule has 0 bridgehead atoms. The molecule has 110 valence electrons. The molecule has 0 saturated carbocycles. The van der Waals surface area contributed by atoms with Crippen molar-refractivity contribution in [2.24, 2.45) is 0 Å². The molecule has 0 atom stereocenters. The highest BCUT2D eigenvalue weighted by molar-refractivity contribution is 5.98. The van der Waals surface area contributed by atoms with Gasteiger partial charge in [-0.2, -0.15) is 0 Å². The minimum absolute atomic E-state index is 0.0582. The summed E-state index contributed by atoms with van der Waals surface area (Å²) in [5.74, 6) is -2.18. The van der Waals surface area contributed by atoms with Gasteiger partial charge in [-0.1, -0.05) is 47.6 Å². The molecule has 1 aromatic carbocycles. The third-order valence-corrected chi connectivity index (χ3v) is 3.21. The van der Waals surface area contributed by atoms with Crippen molar-refractivity contribution in [1.29, 1.82) is 0 Å². The second kappa shape index (κ2) is 4.93. The molecule has 20 heavy (non-hydrogen) atoms. The van der Waals surface area contributed by atoms with Gasteiger partial charge in [0.15, 0.2) is 0 Å². The summed E-state index contributed by atoms with van der Waals surface area (Å²) in [7, 11) is 0. The molecule has 0 spiro atoms. The Bertz CT molecular complexity index is 557. The van der Waals surface area contributed by atoms with Gasteiger partial charge >= 0.3 is 11.9 Å². The molecule has 0 aromatic heterocycles. The summed E-state index contributed by atoms with van der Waals surface area (Å²) < 4.78 is 0. The molecule has 4 heteroatoms. The SMILES string of the molecule is CC(C)(C)c1ccc(C(=O)O)c(C(C)(C)C)c1C(=O)O. The summed E-state index contributed by atoms with van der Waals surface area (Å²) in [5.41, 5.74) is 0.269. The van der Waals surface area contributed by atoms with Crippen LogP contribution in [0.3, 0.4) is 0 Å². The summed E-state index contributed by atoms with van der Waals surface area (Å²) in [6.45, 7) is 11.2. The van der Waals surface area contributed by atoms with E-state index in [1.807, 2.05) is 41.5 Å². The fourth-order valence-corrected chi connectivity index (χ4v) is 2.41.